The molecule has 1 aliphatic rings. The van der Waals surface area contributed by atoms with E-state index in [0.29, 0.717) is 0 Å². The molecule has 39 heavy (non-hydrogen) atoms. The second-order valence-electron chi connectivity index (χ2n) is 8.65. The van der Waals surface area contributed by atoms with Crippen LogP contribution in [0.15, 0.2) is 53.8 Å². The van der Waals surface area contributed by atoms with Crippen LogP contribution in [0.4, 0.5) is 22.0 Å². The van der Waals surface area contributed by atoms with E-state index in [0.717, 1.165) is 47.2 Å². The molecule has 1 amide bonds. The maximum atomic E-state index is 14.6. The minimum absolute atomic E-state index is 0.0332. The lowest BCUT2D eigenvalue weighted by Crippen LogP contribution is -2.48. The van der Waals surface area contributed by atoms with E-state index in [1.54, 1.807) is 0 Å². The number of nitriles is 1. The van der Waals surface area contributed by atoms with Crippen LogP contribution in [0, 0.1) is 17.1 Å². The highest BCUT2D eigenvalue weighted by molar-refractivity contribution is 7.89. The van der Waals surface area contributed by atoms with Gasteiger partial charge in [-0.2, -0.15) is 22.7 Å². The first-order valence-electron chi connectivity index (χ1n) is 11.3. The molecule has 2 aromatic heterocycles. The number of amides is 1. The minimum Gasteiger partial charge on any atom is -0.351 e. The van der Waals surface area contributed by atoms with Crippen LogP contribution in [-0.2, 0) is 27.5 Å². The van der Waals surface area contributed by atoms with Gasteiger partial charge in [-0.25, -0.2) is 27.2 Å². The van der Waals surface area contributed by atoms with Crippen molar-refractivity contribution in [2.24, 2.45) is 0 Å². The van der Waals surface area contributed by atoms with Crippen LogP contribution < -0.4 is 5.32 Å². The van der Waals surface area contributed by atoms with Gasteiger partial charge in [-0.05, 0) is 42.8 Å². The zero-order valence-corrected chi connectivity index (χ0v) is 20.8. The van der Waals surface area contributed by atoms with Crippen LogP contribution in [0.5, 0.6) is 0 Å². The number of benzene rings is 1. The Hall–Kier alpha value is -4.03. The predicted molar refractivity (Wildman–Crippen MR) is 125 cm³/mol. The fourth-order valence-electron chi connectivity index (χ4n) is 4.10. The highest BCUT2D eigenvalue weighted by atomic mass is 32.2. The number of carbonyl (C=O) groups excluding carboxylic acids is 1. The van der Waals surface area contributed by atoms with E-state index in [-0.39, 0.29) is 33.8 Å². The maximum Gasteiger partial charge on any atom is 0.451 e. The lowest BCUT2D eigenvalue weighted by molar-refractivity contribution is -0.145. The number of nitrogens with one attached hydrogen (secondary N) is 1. The van der Waals surface area contributed by atoms with Crippen molar-refractivity contribution in [3.05, 3.63) is 71.7 Å². The normalized spacial score (nSPS) is 20.0. The van der Waals surface area contributed by atoms with Gasteiger partial charge >= 0.3 is 6.18 Å². The number of halogens is 5. The van der Waals surface area contributed by atoms with E-state index in [4.69, 9.17) is 0 Å². The van der Waals surface area contributed by atoms with Gasteiger partial charge in [0.1, 0.15) is 24.1 Å². The molecule has 1 saturated heterocycles. The Morgan fingerprint density at radius 3 is 2.38 bits per heavy atom. The zero-order valence-electron chi connectivity index (χ0n) is 20.0. The molecular formula is C24H19F5N6O3S. The Kier molecular flexibility index (Phi) is 7.62. The van der Waals surface area contributed by atoms with Crippen molar-refractivity contribution >= 4 is 15.9 Å². The van der Waals surface area contributed by atoms with Gasteiger partial charge in [0.15, 0.2) is 0 Å². The molecule has 204 valence electrons. The van der Waals surface area contributed by atoms with Crippen molar-refractivity contribution in [1.29, 1.82) is 5.26 Å². The Bertz CT molecular complexity index is 1530. The van der Waals surface area contributed by atoms with Gasteiger partial charge in [-0.1, -0.05) is 0 Å². The van der Waals surface area contributed by atoms with E-state index in [2.05, 4.69) is 20.3 Å². The lowest BCUT2D eigenvalue weighted by Gasteiger charge is -2.27. The summed E-state index contributed by atoms with van der Waals surface area (Å²) in [5, 5.41) is 11.9. The highest BCUT2D eigenvalue weighted by Gasteiger charge is 2.49. The number of aromatic nitrogens is 3. The number of rotatable bonds is 6. The van der Waals surface area contributed by atoms with E-state index in [1.807, 2.05) is 6.07 Å². The SMILES string of the molecule is CC1C(F)CC(C(=O)NCc2cc(-c3cnc(C(F)(F)F)nc3)ncc2C#N)N1S(=O)(=O)c1ccc(F)cc1. The summed E-state index contributed by atoms with van der Waals surface area (Å²) in [6.07, 6.45) is -3.85. The third-order valence-corrected chi connectivity index (χ3v) is 8.15. The third kappa shape index (κ3) is 5.71. The zero-order chi connectivity index (χ0) is 28.5. The van der Waals surface area contributed by atoms with Gasteiger partial charge in [-0.15, -0.1) is 0 Å². The monoisotopic (exact) mass is 566 g/mol. The van der Waals surface area contributed by atoms with Crippen molar-refractivity contribution in [3.63, 3.8) is 0 Å². The van der Waals surface area contributed by atoms with Crippen LogP contribution in [-0.4, -0.2) is 51.8 Å². The van der Waals surface area contributed by atoms with Gasteiger partial charge < -0.3 is 5.32 Å². The van der Waals surface area contributed by atoms with Crippen molar-refractivity contribution in [2.75, 3.05) is 0 Å². The molecule has 0 radical (unpaired) electrons. The molecule has 1 N–H and O–H groups in total. The van der Waals surface area contributed by atoms with E-state index in [9.17, 15) is 40.4 Å². The second-order valence-corrected chi connectivity index (χ2v) is 10.5. The van der Waals surface area contributed by atoms with Gasteiger partial charge in [0, 0.05) is 37.1 Å². The molecule has 3 unspecified atom stereocenters. The maximum absolute atomic E-state index is 14.6. The van der Waals surface area contributed by atoms with Gasteiger partial charge in [-0.3, -0.25) is 9.78 Å². The fourth-order valence-corrected chi connectivity index (χ4v) is 5.91. The summed E-state index contributed by atoms with van der Waals surface area (Å²) < 4.78 is 93.3. The van der Waals surface area contributed by atoms with Crippen molar-refractivity contribution in [2.45, 2.75) is 49.2 Å². The summed E-state index contributed by atoms with van der Waals surface area (Å²) in [6.45, 7) is 1.01. The molecule has 1 fully saturated rings. The van der Waals surface area contributed by atoms with Crippen LogP contribution in [0.2, 0.25) is 0 Å². The summed E-state index contributed by atoms with van der Waals surface area (Å²) >= 11 is 0. The first-order chi connectivity index (χ1) is 18.3. The van der Waals surface area contributed by atoms with Crippen molar-refractivity contribution in [1.82, 2.24) is 24.6 Å². The highest BCUT2D eigenvalue weighted by Crippen LogP contribution is 2.33. The van der Waals surface area contributed by atoms with Gasteiger partial charge in [0.05, 0.1) is 22.2 Å². The average molecular weight is 567 g/mol. The number of pyridine rings is 1. The number of hydrogen-bond acceptors (Lipinski definition) is 7. The van der Waals surface area contributed by atoms with Crippen LogP contribution in [0.3, 0.4) is 0 Å². The molecule has 1 aromatic carbocycles. The Labute approximate surface area is 219 Å². The quantitative estimate of drug-likeness (QED) is 0.453. The summed E-state index contributed by atoms with van der Waals surface area (Å²) in [7, 11) is -4.37. The average Bonchev–Trinajstić information content (AvgIpc) is 3.21. The van der Waals surface area contributed by atoms with Gasteiger partial charge in [0.25, 0.3) is 0 Å². The van der Waals surface area contributed by atoms with Crippen molar-refractivity contribution in [3.8, 4) is 17.3 Å². The Balaban J connectivity index is 1.56. The van der Waals surface area contributed by atoms with Crippen LogP contribution in [0.1, 0.15) is 30.3 Å². The molecule has 0 spiro atoms. The fraction of sp³-hybridized carbons (Fsp3) is 0.292. The molecule has 0 aliphatic carbocycles. The van der Waals surface area contributed by atoms with Crippen molar-refractivity contribution < 1.29 is 35.2 Å². The standard InChI is InChI=1S/C24H19F5N6O3S/c1-13-19(26)7-21(35(13)39(37,38)18-4-2-17(25)3-5-18)22(36)32-9-14-6-20(31-10-15(14)8-30)16-11-33-23(34-12-16)24(27,28)29/h2-6,10-13,19,21H,7,9H2,1H3,(H,32,36). The van der Waals surface area contributed by atoms with Gasteiger partial charge in [0.2, 0.25) is 21.8 Å². The molecule has 15 heteroatoms. The van der Waals surface area contributed by atoms with Crippen LogP contribution >= 0.6 is 0 Å². The Morgan fingerprint density at radius 1 is 1.15 bits per heavy atom. The third-order valence-electron chi connectivity index (χ3n) is 6.14. The summed E-state index contributed by atoms with van der Waals surface area (Å²) in [6, 6.07) is 4.50. The van der Waals surface area contributed by atoms with E-state index < -0.39 is 58.4 Å². The summed E-state index contributed by atoms with van der Waals surface area (Å²) in [4.78, 5) is 23.3. The molecule has 4 rings (SSSR count). The molecule has 0 saturated carbocycles. The number of hydrogen-bond donors (Lipinski definition) is 1. The number of nitrogens with zero attached hydrogens (tertiary/aromatic N) is 5. The first kappa shape index (κ1) is 28.0. The number of carbonyl (C=O) groups is 1. The van der Waals surface area contributed by atoms with Crippen LogP contribution in [0.25, 0.3) is 11.3 Å². The largest absolute Gasteiger partial charge is 0.451 e. The van der Waals surface area contributed by atoms with E-state index >= 15 is 0 Å². The molecular weight excluding hydrogens is 547 g/mol. The minimum atomic E-state index is -4.74. The Morgan fingerprint density at radius 2 is 1.79 bits per heavy atom. The molecule has 0 bridgehead atoms. The summed E-state index contributed by atoms with van der Waals surface area (Å²) in [5.41, 5.74) is 0.477. The summed E-state index contributed by atoms with van der Waals surface area (Å²) in [5.74, 6) is -2.86. The topological polar surface area (TPSA) is 129 Å². The number of alkyl halides is 4. The molecule has 3 aromatic rings. The molecule has 3 heterocycles. The molecule has 1 aliphatic heterocycles. The smallest absolute Gasteiger partial charge is 0.351 e. The first-order valence-corrected chi connectivity index (χ1v) is 12.8. The van der Waals surface area contributed by atoms with E-state index in [1.165, 1.54) is 13.0 Å². The number of sulfonamides is 1. The predicted octanol–water partition coefficient (Wildman–Crippen LogP) is 3.37. The lowest BCUT2D eigenvalue weighted by atomic mass is 10.1. The molecule has 9 nitrogen and oxygen atoms in total. The second kappa shape index (κ2) is 10.6. The molecule has 3 atom stereocenters.